The topological polar surface area (TPSA) is 82.5 Å². The average Bonchev–Trinajstić information content (AvgIpc) is 3.09. The van der Waals surface area contributed by atoms with Gasteiger partial charge in [-0.2, -0.15) is 5.26 Å². The van der Waals surface area contributed by atoms with Crippen LogP contribution in [-0.2, 0) is 15.7 Å². The van der Waals surface area contributed by atoms with Crippen LogP contribution < -0.4 is 5.73 Å². The van der Waals surface area contributed by atoms with E-state index in [1.54, 1.807) is 18.5 Å². The van der Waals surface area contributed by atoms with E-state index in [0.717, 1.165) is 10.4 Å². The number of benzene rings is 1. The van der Waals surface area contributed by atoms with Crippen molar-refractivity contribution in [2.75, 3.05) is 7.05 Å². The molecular weight excluding hydrogens is 356 g/mol. The number of hydrogen-bond acceptors (Lipinski definition) is 5. The molecular formula is C21H24N4OS. The Morgan fingerprint density at radius 2 is 1.93 bits per heavy atom. The zero-order valence-electron chi connectivity index (χ0n) is 16.3. The molecule has 1 aromatic carbocycles. The second-order valence-corrected chi connectivity index (χ2v) is 9.04. The summed E-state index contributed by atoms with van der Waals surface area (Å²) in [5.74, 6) is -0.411. The number of rotatable bonds is 2. The minimum Gasteiger partial charge on any atom is -0.369 e. The lowest BCUT2D eigenvalue weighted by Gasteiger charge is -2.40. The molecule has 1 unspecified atom stereocenters. The van der Waals surface area contributed by atoms with Crippen LogP contribution in [0.15, 0.2) is 40.7 Å². The van der Waals surface area contributed by atoms with Gasteiger partial charge in [-0.25, -0.2) is 4.99 Å². The molecule has 0 aliphatic carbocycles. The van der Waals surface area contributed by atoms with E-state index in [9.17, 15) is 10.1 Å². The first-order chi connectivity index (χ1) is 12.6. The summed E-state index contributed by atoms with van der Waals surface area (Å²) >= 11 is 1.43. The second-order valence-electron chi connectivity index (χ2n) is 8.13. The molecule has 1 aromatic heterocycles. The predicted molar refractivity (Wildman–Crippen MR) is 109 cm³/mol. The van der Waals surface area contributed by atoms with Crippen LogP contribution in [0, 0.1) is 11.3 Å². The number of nitrogens with zero attached hydrogens (tertiary/aromatic N) is 3. The molecule has 0 radical (unpaired) electrons. The SMILES string of the molecule is CN1C(=O)C(c2ccc(C(C)(C)C)cc2)[C@@](C)(c2cc(C#N)cs2)N=C1N. The van der Waals surface area contributed by atoms with Crippen LogP contribution in [0.4, 0.5) is 0 Å². The zero-order chi connectivity index (χ0) is 20.0. The number of carbonyl (C=O) groups is 1. The Morgan fingerprint density at radius 1 is 1.30 bits per heavy atom. The largest absolute Gasteiger partial charge is 0.369 e. The third kappa shape index (κ3) is 3.24. The number of guanidine groups is 1. The standard InChI is InChI=1S/C21H24N4OS/c1-20(2,3)15-8-6-14(7-9-15)17-18(26)25(5)19(23)24-21(17,4)16-10-13(11-22)12-27-16/h6-10,12,17H,1-5H3,(H2,23,24)/t17?,21-/m1/s1. The van der Waals surface area contributed by atoms with Gasteiger partial charge in [-0.05, 0) is 29.5 Å². The molecule has 1 amide bonds. The van der Waals surface area contributed by atoms with Gasteiger partial charge >= 0.3 is 0 Å². The number of nitriles is 1. The molecule has 2 atom stereocenters. The van der Waals surface area contributed by atoms with E-state index in [1.807, 2.05) is 19.1 Å². The minimum absolute atomic E-state index is 0.0349. The van der Waals surface area contributed by atoms with Gasteiger partial charge in [0.2, 0.25) is 5.91 Å². The molecule has 0 saturated heterocycles. The van der Waals surface area contributed by atoms with Gasteiger partial charge in [0.1, 0.15) is 11.6 Å². The van der Waals surface area contributed by atoms with Gasteiger partial charge in [-0.1, -0.05) is 45.0 Å². The van der Waals surface area contributed by atoms with Crippen molar-refractivity contribution < 1.29 is 4.79 Å². The molecule has 27 heavy (non-hydrogen) atoms. The lowest BCUT2D eigenvalue weighted by atomic mass is 9.76. The number of hydrogen-bond donors (Lipinski definition) is 1. The Balaban J connectivity index is 2.15. The highest BCUT2D eigenvalue weighted by Gasteiger charge is 2.48. The summed E-state index contributed by atoms with van der Waals surface area (Å²) in [6.45, 7) is 8.39. The first kappa shape index (κ1) is 19.1. The van der Waals surface area contributed by atoms with E-state index in [4.69, 9.17) is 10.7 Å². The molecule has 0 saturated carbocycles. The molecule has 140 valence electrons. The monoisotopic (exact) mass is 380 g/mol. The van der Waals surface area contributed by atoms with Crippen LogP contribution >= 0.6 is 11.3 Å². The Bertz CT molecular complexity index is 946. The van der Waals surface area contributed by atoms with E-state index in [1.165, 1.54) is 21.8 Å². The van der Waals surface area contributed by atoms with Gasteiger partial charge in [0, 0.05) is 17.3 Å². The summed E-state index contributed by atoms with van der Waals surface area (Å²) in [6.07, 6.45) is 0. The normalized spacial score (nSPS) is 23.1. The Kier molecular flexibility index (Phi) is 4.61. The van der Waals surface area contributed by atoms with Crippen LogP contribution in [-0.4, -0.2) is 23.8 Å². The number of amides is 1. The van der Waals surface area contributed by atoms with Gasteiger partial charge in [-0.15, -0.1) is 11.3 Å². The highest BCUT2D eigenvalue weighted by Crippen LogP contribution is 2.46. The van der Waals surface area contributed by atoms with Crippen LogP contribution in [0.25, 0.3) is 0 Å². The Hall–Kier alpha value is -2.65. The molecule has 6 heteroatoms. The summed E-state index contributed by atoms with van der Waals surface area (Å²) in [4.78, 5) is 20.1. The van der Waals surface area contributed by atoms with E-state index in [2.05, 4.69) is 39.0 Å². The van der Waals surface area contributed by atoms with Crippen molar-refractivity contribution in [2.24, 2.45) is 10.7 Å². The maximum Gasteiger partial charge on any atom is 0.239 e. The number of thiophene rings is 1. The van der Waals surface area contributed by atoms with Gasteiger partial charge in [0.05, 0.1) is 11.5 Å². The summed E-state index contributed by atoms with van der Waals surface area (Å²) in [5, 5.41) is 11.0. The molecule has 1 aliphatic rings. The first-order valence-corrected chi connectivity index (χ1v) is 9.68. The Morgan fingerprint density at radius 3 is 2.44 bits per heavy atom. The summed E-state index contributed by atoms with van der Waals surface area (Å²) in [5.41, 5.74) is 7.89. The number of likely N-dealkylation sites (N-methyl/N-ethyl adjacent to an activating group) is 1. The van der Waals surface area contributed by atoms with Crippen LogP contribution in [0.2, 0.25) is 0 Å². The van der Waals surface area contributed by atoms with Crippen molar-refractivity contribution in [3.05, 3.63) is 57.3 Å². The molecule has 3 rings (SSSR count). The van der Waals surface area contributed by atoms with Crippen molar-refractivity contribution in [3.8, 4) is 6.07 Å². The third-order valence-electron chi connectivity index (χ3n) is 5.17. The van der Waals surface area contributed by atoms with Gasteiger partial charge < -0.3 is 5.73 Å². The molecule has 5 nitrogen and oxygen atoms in total. The quantitative estimate of drug-likeness (QED) is 0.862. The highest BCUT2D eigenvalue weighted by molar-refractivity contribution is 7.10. The Labute approximate surface area is 164 Å². The van der Waals surface area contributed by atoms with Crippen molar-refractivity contribution in [1.29, 1.82) is 5.26 Å². The second kappa shape index (κ2) is 6.50. The minimum atomic E-state index is -0.851. The predicted octanol–water partition coefficient (Wildman–Crippen LogP) is 3.70. The van der Waals surface area contributed by atoms with Crippen LogP contribution in [0.1, 0.15) is 55.2 Å². The lowest BCUT2D eigenvalue weighted by molar-refractivity contribution is -0.130. The average molecular weight is 381 g/mol. The van der Waals surface area contributed by atoms with Gasteiger partial charge in [-0.3, -0.25) is 9.69 Å². The summed E-state index contributed by atoms with van der Waals surface area (Å²) in [7, 11) is 1.65. The first-order valence-electron chi connectivity index (χ1n) is 8.80. The number of carbonyl (C=O) groups excluding carboxylic acids is 1. The van der Waals surface area contributed by atoms with Crippen molar-refractivity contribution in [3.63, 3.8) is 0 Å². The highest BCUT2D eigenvalue weighted by atomic mass is 32.1. The molecule has 0 spiro atoms. The fraction of sp³-hybridized carbons (Fsp3) is 0.381. The third-order valence-corrected chi connectivity index (χ3v) is 6.32. The van der Waals surface area contributed by atoms with Crippen molar-refractivity contribution >= 4 is 23.2 Å². The molecule has 0 bridgehead atoms. The van der Waals surface area contributed by atoms with E-state index < -0.39 is 11.5 Å². The number of nitrogens with two attached hydrogens (primary N) is 1. The van der Waals surface area contributed by atoms with Crippen LogP contribution in [0.5, 0.6) is 0 Å². The summed E-state index contributed by atoms with van der Waals surface area (Å²) < 4.78 is 0. The fourth-order valence-corrected chi connectivity index (χ4v) is 4.40. The fourth-order valence-electron chi connectivity index (χ4n) is 3.42. The van der Waals surface area contributed by atoms with Crippen molar-refractivity contribution in [1.82, 2.24) is 4.90 Å². The van der Waals surface area contributed by atoms with Crippen LogP contribution in [0.3, 0.4) is 0 Å². The van der Waals surface area contributed by atoms with E-state index >= 15 is 0 Å². The smallest absolute Gasteiger partial charge is 0.239 e. The maximum absolute atomic E-state index is 13.2. The maximum atomic E-state index is 13.2. The molecule has 2 heterocycles. The van der Waals surface area contributed by atoms with E-state index in [-0.39, 0.29) is 17.3 Å². The molecule has 0 fully saturated rings. The van der Waals surface area contributed by atoms with Gasteiger partial charge in [0.25, 0.3) is 0 Å². The molecule has 2 aromatic rings. The van der Waals surface area contributed by atoms with Gasteiger partial charge in [0.15, 0.2) is 5.96 Å². The zero-order valence-corrected chi connectivity index (χ0v) is 17.1. The lowest BCUT2D eigenvalue weighted by Crippen LogP contribution is -2.52. The molecule has 2 N–H and O–H groups in total. The van der Waals surface area contributed by atoms with E-state index in [0.29, 0.717) is 5.56 Å². The van der Waals surface area contributed by atoms with Crippen molar-refractivity contribution in [2.45, 2.75) is 44.6 Å². The summed E-state index contributed by atoms with van der Waals surface area (Å²) in [6, 6.07) is 12.1. The molecule has 1 aliphatic heterocycles. The number of aliphatic imine (C=N–C) groups is 1.